The van der Waals surface area contributed by atoms with Crippen molar-refractivity contribution in [2.75, 3.05) is 0 Å². The summed E-state index contributed by atoms with van der Waals surface area (Å²) in [5.41, 5.74) is 1.87. The molecule has 1 aliphatic rings. The third-order valence-electron chi connectivity index (χ3n) is 4.57. The first-order valence-corrected chi connectivity index (χ1v) is 9.75. The lowest BCUT2D eigenvalue weighted by atomic mass is 9.93. The summed E-state index contributed by atoms with van der Waals surface area (Å²) in [6, 6.07) is 9.88. The molecule has 0 saturated carbocycles. The Bertz CT molecular complexity index is 999. The molecule has 7 nitrogen and oxygen atoms in total. The number of thioether (sulfide) groups is 1. The highest BCUT2D eigenvalue weighted by Crippen LogP contribution is 2.20. The lowest BCUT2D eigenvalue weighted by Gasteiger charge is -2.22. The molecule has 3 N–H and O–H groups in total. The van der Waals surface area contributed by atoms with Crippen LogP contribution in [0, 0.1) is 0 Å². The van der Waals surface area contributed by atoms with Gasteiger partial charge in [0, 0.05) is 22.8 Å². The first-order valence-electron chi connectivity index (χ1n) is 8.77. The van der Waals surface area contributed by atoms with E-state index in [0.717, 1.165) is 29.0 Å². The van der Waals surface area contributed by atoms with Gasteiger partial charge >= 0.3 is 0 Å². The molecule has 0 bridgehead atoms. The van der Waals surface area contributed by atoms with E-state index in [1.165, 1.54) is 6.20 Å². The number of hydrogen-bond acceptors (Lipinski definition) is 5. The molecule has 0 radical (unpaired) electrons. The van der Waals surface area contributed by atoms with Crippen LogP contribution in [0.5, 0.6) is 0 Å². The second-order valence-corrected chi connectivity index (χ2v) is 7.51. The minimum Gasteiger partial charge on any atom is -0.349 e. The number of amides is 1. The molecule has 27 heavy (non-hydrogen) atoms. The van der Waals surface area contributed by atoms with Gasteiger partial charge in [-0.1, -0.05) is 18.2 Å². The predicted octanol–water partition coefficient (Wildman–Crippen LogP) is 2.07. The summed E-state index contributed by atoms with van der Waals surface area (Å²) in [5.74, 6) is 0.696. The Kier molecular flexibility index (Phi) is 5.06. The number of carbonyl (C=O) groups excluding carboxylic acids is 1. The average Bonchev–Trinajstić information content (AvgIpc) is 3.15. The Balaban J connectivity index is 1.39. The molecule has 8 heteroatoms. The van der Waals surface area contributed by atoms with Gasteiger partial charge in [0.2, 0.25) is 0 Å². The van der Waals surface area contributed by atoms with Gasteiger partial charge < -0.3 is 10.3 Å². The molecule has 1 amide bonds. The highest BCUT2D eigenvalue weighted by atomic mass is 32.2. The molecule has 2 heterocycles. The number of rotatable bonds is 5. The van der Waals surface area contributed by atoms with Crippen LogP contribution in [-0.2, 0) is 18.6 Å². The van der Waals surface area contributed by atoms with Crippen molar-refractivity contribution in [1.29, 1.82) is 0 Å². The van der Waals surface area contributed by atoms with Crippen LogP contribution in [-0.4, -0.2) is 32.1 Å². The van der Waals surface area contributed by atoms with Crippen molar-refractivity contribution >= 4 is 17.7 Å². The van der Waals surface area contributed by atoms with Gasteiger partial charge in [-0.2, -0.15) is 5.10 Å². The Morgan fingerprint density at radius 1 is 1.26 bits per heavy atom. The topological polar surface area (TPSA) is 104 Å². The van der Waals surface area contributed by atoms with E-state index in [0.29, 0.717) is 18.0 Å². The standard InChI is InChI=1S/C19H19N5O2S/c25-18(22-13-6-7-16-12(8-13)9-21-24-16)15-10-20-17(23-19(15)26)11-27-14-4-2-1-3-5-14/h1-5,9-10,13H,6-8,11H2,(H,21,24)(H,22,25)(H,20,23,26). The van der Waals surface area contributed by atoms with Crippen molar-refractivity contribution < 1.29 is 4.79 Å². The van der Waals surface area contributed by atoms with Gasteiger partial charge in [-0.15, -0.1) is 11.8 Å². The first-order chi connectivity index (χ1) is 13.2. The number of carbonyl (C=O) groups is 1. The molecule has 0 saturated heterocycles. The van der Waals surface area contributed by atoms with E-state index in [1.807, 2.05) is 30.3 Å². The highest BCUT2D eigenvalue weighted by molar-refractivity contribution is 7.98. The van der Waals surface area contributed by atoms with Crippen LogP contribution in [0.2, 0.25) is 0 Å². The van der Waals surface area contributed by atoms with E-state index in [1.54, 1.807) is 18.0 Å². The smallest absolute Gasteiger partial charge is 0.263 e. The zero-order valence-electron chi connectivity index (χ0n) is 14.6. The van der Waals surface area contributed by atoms with Crippen molar-refractivity contribution in [3.05, 3.63) is 75.7 Å². The zero-order chi connectivity index (χ0) is 18.6. The van der Waals surface area contributed by atoms with Gasteiger partial charge in [0.15, 0.2) is 0 Å². The number of H-pyrrole nitrogens is 2. The highest BCUT2D eigenvalue weighted by Gasteiger charge is 2.23. The number of nitrogens with one attached hydrogen (secondary N) is 3. The molecule has 1 aromatic carbocycles. The molecular formula is C19H19N5O2S. The van der Waals surface area contributed by atoms with Crippen LogP contribution < -0.4 is 10.9 Å². The molecule has 2 aromatic heterocycles. The maximum absolute atomic E-state index is 12.5. The van der Waals surface area contributed by atoms with E-state index >= 15 is 0 Å². The maximum atomic E-state index is 12.5. The summed E-state index contributed by atoms with van der Waals surface area (Å²) >= 11 is 1.58. The zero-order valence-corrected chi connectivity index (χ0v) is 15.4. The Morgan fingerprint density at radius 3 is 2.93 bits per heavy atom. The van der Waals surface area contributed by atoms with Crippen molar-refractivity contribution in [2.45, 2.75) is 36.0 Å². The Labute approximate surface area is 160 Å². The summed E-state index contributed by atoms with van der Waals surface area (Å²) in [5, 5.41) is 9.94. The predicted molar refractivity (Wildman–Crippen MR) is 103 cm³/mol. The van der Waals surface area contributed by atoms with E-state index in [-0.39, 0.29) is 17.5 Å². The normalized spacial score (nSPS) is 15.9. The van der Waals surface area contributed by atoms with Crippen LogP contribution in [0.15, 0.2) is 52.4 Å². The quantitative estimate of drug-likeness (QED) is 0.587. The van der Waals surface area contributed by atoms with Crippen molar-refractivity contribution in [2.24, 2.45) is 0 Å². The second-order valence-electron chi connectivity index (χ2n) is 6.46. The average molecular weight is 381 g/mol. The monoisotopic (exact) mass is 381 g/mol. The van der Waals surface area contributed by atoms with Gasteiger partial charge in [-0.05, 0) is 37.0 Å². The van der Waals surface area contributed by atoms with Gasteiger partial charge in [0.05, 0.1) is 11.9 Å². The minimum atomic E-state index is -0.411. The third kappa shape index (κ3) is 4.11. The third-order valence-corrected chi connectivity index (χ3v) is 5.59. The van der Waals surface area contributed by atoms with Crippen LogP contribution >= 0.6 is 11.8 Å². The molecule has 0 aliphatic heterocycles. The fraction of sp³-hybridized carbons (Fsp3) is 0.263. The van der Waals surface area contributed by atoms with Crippen LogP contribution in [0.1, 0.15) is 33.9 Å². The number of hydrogen-bond donors (Lipinski definition) is 3. The Hall–Kier alpha value is -2.87. The number of aromatic nitrogens is 4. The molecule has 138 valence electrons. The van der Waals surface area contributed by atoms with Crippen molar-refractivity contribution in [3.8, 4) is 0 Å². The molecular weight excluding hydrogens is 362 g/mol. The van der Waals surface area contributed by atoms with Gasteiger partial charge in [-0.3, -0.25) is 14.7 Å². The maximum Gasteiger partial charge on any atom is 0.263 e. The largest absolute Gasteiger partial charge is 0.349 e. The number of benzene rings is 1. The summed E-state index contributed by atoms with van der Waals surface area (Å²) < 4.78 is 0. The fourth-order valence-electron chi connectivity index (χ4n) is 3.14. The minimum absolute atomic E-state index is 0.00434. The number of fused-ring (bicyclic) bond motifs is 1. The SMILES string of the molecule is O=C(NC1CCc2[nH]ncc2C1)c1cnc(CSc2ccccc2)[nH]c1=O. The lowest BCUT2D eigenvalue weighted by Crippen LogP contribution is -2.40. The fourth-order valence-corrected chi connectivity index (χ4v) is 3.94. The molecule has 0 spiro atoms. The van der Waals surface area contributed by atoms with Gasteiger partial charge in [0.1, 0.15) is 11.4 Å². The van der Waals surface area contributed by atoms with Gasteiger partial charge in [-0.25, -0.2) is 4.98 Å². The van der Waals surface area contributed by atoms with Crippen molar-refractivity contribution in [3.63, 3.8) is 0 Å². The molecule has 3 aromatic rings. The lowest BCUT2D eigenvalue weighted by molar-refractivity contribution is 0.0931. The van der Waals surface area contributed by atoms with E-state index < -0.39 is 5.56 Å². The van der Waals surface area contributed by atoms with Crippen LogP contribution in [0.4, 0.5) is 0 Å². The summed E-state index contributed by atoms with van der Waals surface area (Å²) in [7, 11) is 0. The van der Waals surface area contributed by atoms with Crippen molar-refractivity contribution in [1.82, 2.24) is 25.5 Å². The number of aryl methyl sites for hydroxylation is 1. The summed E-state index contributed by atoms with van der Waals surface area (Å²) in [6.45, 7) is 0. The molecule has 1 unspecified atom stereocenters. The molecule has 4 rings (SSSR count). The molecule has 1 aliphatic carbocycles. The summed E-state index contributed by atoms with van der Waals surface area (Å²) in [4.78, 5) is 32.8. The second kappa shape index (κ2) is 7.79. The molecule has 0 fully saturated rings. The van der Waals surface area contributed by atoms with Gasteiger partial charge in [0.25, 0.3) is 11.5 Å². The first kappa shape index (κ1) is 17.5. The Morgan fingerprint density at radius 2 is 2.11 bits per heavy atom. The number of nitrogens with zero attached hydrogens (tertiary/aromatic N) is 2. The summed E-state index contributed by atoms with van der Waals surface area (Å²) in [6.07, 6.45) is 5.53. The van der Waals surface area contributed by atoms with E-state index in [9.17, 15) is 9.59 Å². The molecule has 1 atom stereocenters. The van der Waals surface area contributed by atoms with Crippen LogP contribution in [0.3, 0.4) is 0 Å². The van der Waals surface area contributed by atoms with E-state index in [2.05, 4.69) is 25.5 Å². The number of aromatic amines is 2. The van der Waals surface area contributed by atoms with E-state index in [4.69, 9.17) is 0 Å². The van der Waals surface area contributed by atoms with Crippen LogP contribution in [0.25, 0.3) is 0 Å².